The molecule has 0 N–H and O–H groups in total. The van der Waals surface area contributed by atoms with Crippen molar-refractivity contribution in [2.24, 2.45) is 0 Å². The zero-order valence-electron chi connectivity index (χ0n) is 12.8. The highest BCUT2D eigenvalue weighted by molar-refractivity contribution is 5.50. The van der Waals surface area contributed by atoms with Crippen molar-refractivity contribution in [2.45, 2.75) is 19.9 Å². The second kappa shape index (κ2) is 6.82. The van der Waals surface area contributed by atoms with Crippen molar-refractivity contribution in [3.63, 3.8) is 0 Å². The summed E-state index contributed by atoms with van der Waals surface area (Å²) in [5, 5.41) is 10.8. The van der Waals surface area contributed by atoms with Crippen molar-refractivity contribution in [1.29, 1.82) is 0 Å². The fourth-order valence-electron chi connectivity index (χ4n) is 2.70. The van der Waals surface area contributed by atoms with Gasteiger partial charge in [-0.05, 0) is 19.4 Å². The first-order valence-electron chi connectivity index (χ1n) is 7.12. The van der Waals surface area contributed by atoms with Gasteiger partial charge in [0.05, 0.1) is 11.5 Å². The van der Waals surface area contributed by atoms with Crippen LogP contribution < -0.4 is 4.90 Å². The van der Waals surface area contributed by atoms with Crippen LogP contribution in [0.2, 0.25) is 0 Å². The molecule has 1 aliphatic rings. The summed E-state index contributed by atoms with van der Waals surface area (Å²) < 4.78 is 5.19. The third-order valence-corrected chi connectivity index (χ3v) is 3.89. The first-order chi connectivity index (χ1) is 10.0. The van der Waals surface area contributed by atoms with Gasteiger partial charge in [0.1, 0.15) is 12.0 Å². The number of ether oxygens (including phenoxy) is 1. The second-order valence-electron chi connectivity index (χ2n) is 5.42. The highest BCUT2D eigenvalue weighted by Gasteiger charge is 2.23. The molecular weight excluding hydrogens is 272 g/mol. The maximum atomic E-state index is 10.8. The molecule has 1 aromatic heterocycles. The van der Waals surface area contributed by atoms with Crippen molar-refractivity contribution in [1.82, 2.24) is 9.88 Å². The number of aryl methyl sites for hydroxylation is 1. The normalized spacial score (nSPS) is 17.8. The van der Waals surface area contributed by atoms with E-state index < -0.39 is 4.92 Å². The lowest BCUT2D eigenvalue weighted by atomic mass is 10.2. The Kier molecular flexibility index (Phi) is 5.08. The first-order valence-corrected chi connectivity index (χ1v) is 7.12. The van der Waals surface area contributed by atoms with E-state index in [1.54, 1.807) is 13.2 Å². The third-order valence-electron chi connectivity index (χ3n) is 3.89. The van der Waals surface area contributed by atoms with E-state index in [9.17, 15) is 10.1 Å². The fourth-order valence-corrected chi connectivity index (χ4v) is 2.70. The summed E-state index contributed by atoms with van der Waals surface area (Å²) in [5.74, 6) is 0.847. The Labute approximate surface area is 124 Å². The Morgan fingerprint density at radius 3 is 2.62 bits per heavy atom. The van der Waals surface area contributed by atoms with Gasteiger partial charge in [0, 0.05) is 45.4 Å². The van der Waals surface area contributed by atoms with Gasteiger partial charge < -0.3 is 9.64 Å². The topological polar surface area (TPSA) is 71.7 Å². The number of aromatic nitrogens is 1. The second-order valence-corrected chi connectivity index (χ2v) is 5.42. The van der Waals surface area contributed by atoms with Crippen LogP contribution in [0.3, 0.4) is 0 Å². The Hall–Kier alpha value is -1.73. The van der Waals surface area contributed by atoms with Crippen LogP contribution in [0.15, 0.2) is 12.3 Å². The van der Waals surface area contributed by atoms with Gasteiger partial charge in [0.2, 0.25) is 0 Å². The number of nitro groups is 1. The lowest BCUT2D eigenvalue weighted by Crippen LogP contribution is -2.51. The van der Waals surface area contributed by atoms with Crippen molar-refractivity contribution in [3.05, 3.63) is 27.9 Å². The van der Waals surface area contributed by atoms with Gasteiger partial charge in [-0.25, -0.2) is 4.98 Å². The molecule has 2 heterocycles. The van der Waals surface area contributed by atoms with Crippen molar-refractivity contribution < 1.29 is 9.66 Å². The predicted octanol–water partition coefficient (Wildman–Crippen LogP) is 1.46. The van der Waals surface area contributed by atoms with Crippen LogP contribution in [-0.4, -0.2) is 60.7 Å². The van der Waals surface area contributed by atoms with E-state index >= 15 is 0 Å². The highest BCUT2D eigenvalue weighted by Crippen LogP contribution is 2.23. The molecule has 0 unspecified atom stereocenters. The lowest BCUT2D eigenvalue weighted by Gasteiger charge is -2.38. The van der Waals surface area contributed by atoms with Crippen molar-refractivity contribution >= 4 is 11.5 Å². The van der Waals surface area contributed by atoms with Gasteiger partial charge in [0.25, 0.3) is 5.69 Å². The maximum absolute atomic E-state index is 10.8. The molecule has 0 spiro atoms. The van der Waals surface area contributed by atoms with E-state index in [4.69, 9.17) is 4.74 Å². The van der Waals surface area contributed by atoms with E-state index in [0.29, 0.717) is 6.04 Å². The molecular formula is C14H22N4O3. The molecule has 0 saturated carbocycles. The van der Waals surface area contributed by atoms with E-state index in [1.165, 1.54) is 6.20 Å². The van der Waals surface area contributed by atoms with Crippen LogP contribution in [0.1, 0.15) is 12.5 Å². The summed E-state index contributed by atoms with van der Waals surface area (Å²) in [6.45, 7) is 8.41. The molecule has 1 saturated heterocycles. The van der Waals surface area contributed by atoms with Crippen molar-refractivity contribution in [3.8, 4) is 0 Å². The molecule has 1 atom stereocenters. The zero-order chi connectivity index (χ0) is 15.4. The SMILES string of the molecule is COC[C@@H](C)N1CCN(c2ncc([N+](=O)[O-])cc2C)CC1. The van der Waals surface area contributed by atoms with E-state index in [1.807, 2.05) is 6.92 Å². The summed E-state index contributed by atoms with van der Waals surface area (Å²) in [6.07, 6.45) is 1.34. The average molecular weight is 294 g/mol. The molecule has 1 aromatic rings. The Morgan fingerprint density at radius 1 is 1.43 bits per heavy atom. The molecule has 0 radical (unpaired) electrons. The summed E-state index contributed by atoms with van der Waals surface area (Å²) in [7, 11) is 1.72. The summed E-state index contributed by atoms with van der Waals surface area (Å²) >= 11 is 0. The molecule has 2 rings (SSSR count). The summed E-state index contributed by atoms with van der Waals surface area (Å²) in [5.41, 5.74) is 0.895. The summed E-state index contributed by atoms with van der Waals surface area (Å²) in [4.78, 5) is 19.2. The van der Waals surface area contributed by atoms with Crippen LogP contribution in [0.5, 0.6) is 0 Å². The van der Waals surface area contributed by atoms with Crippen LogP contribution in [-0.2, 0) is 4.74 Å². The molecule has 0 amide bonds. The predicted molar refractivity (Wildman–Crippen MR) is 80.8 cm³/mol. The van der Waals surface area contributed by atoms with Gasteiger partial charge in [-0.3, -0.25) is 15.0 Å². The Bertz CT molecular complexity index is 501. The molecule has 1 aliphatic heterocycles. The van der Waals surface area contributed by atoms with E-state index in [2.05, 4.69) is 21.7 Å². The number of piperazine rings is 1. The molecule has 0 bridgehead atoms. The largest absolute Gasteiger partial charge is 0.383 e. The first kappa shape index (κ1) is 15.7. The van der Waals surface area contributed by atoms with E-state index in [-0.39, 0.29) is 5.69 Å². The number of hydrogen-bond donors (Lipinski definition) is 0. The minimum absolute atomic E-state index is 0.0450. The summed E-state index contributed by atoms with van der Waals surface area (Å²) in [6, 6.07) is 1.99. The molecule has 1 fully saturated rings. The van der Waals surface area contributed by atoms with Gasteiger partial charge in [-0.15, -0.1) is 0 Å². The van der Waals surface area contributed by atoms with Gasteiger partial charge in [0.15, 0.2) is 0 Å². The third kappa shape index (κ3) is 3.68. The molecule has 116 valence electrons. The highest BCUT2D eigenvalue weighted by atomic mass is 16.6. The molecule has 21 heavy (non-hydrogen) atoms. The monoisotopic (exact) mass is 294 g/mol. The Balaban J connectivity index is 2.00. The standard InChI is InChI=1S/C14H22N4O3/c1-11-8-13(18(19)20)9-15-14(11)17-6-4-16(5-7-17)12(2)10-21-3/h8-9,12H,4-7,10H2,1-3H3/t12-/m1/s1. The molecule has 0 aromatic carbocycles. The average Bonchev–Trinajstić information content (AvgIpc) is 2.47. The zero-order valence-corrected chi connectivity index (χ0v) is 12.8. The van der Waals surface area contributed by atoms with E-state index in [0.717, 1.165) is 44.2 Å². The minimum Gasteiger partial charge on any atom is -0.383 e. The number of methoxy groups -OCH3 is 1. The van der Waals surface area contributed by atoms with Crippen molar-refractivity contribution in [2.75, 3.05) is 44.8 Å². The Morgan fingerprint density at radius 2 is 2.10 bits per heavy atom. The maximum Gasteiger partial charge on any atom is 0.287 e. The smallest absolute Gasteiger partial charge is 0.287 e. The molecule has 7 nitrogen and oxygen atoms in total. The van der Waals surface area contributed by atoms with Crippen LogP contribution in [0.25, 0.3) is 0 Å². The number of nitrogens with zero attached hydrogens (tertiary/aromatic N) is 4. The number of hydrogen-bond acceptors (Lipinski definition) is 6. The van der Waals surface area contributed by atoms with Crippen LogP contribution in [0.4, 0.5) is 11.5 Å². The lowest BCUT2D eigenvalue weighted by molar-refractivity contribution is -0.385. The van der Waals surface area contributed by atoms with Crippen LogP contribution >= 0.6 is 0 Å². The number of rotatable bonds is 5. The quantitative estimate of drug-likeness (QED) is 0.604. The van der Waals surface area contributed by atoms with Gasteiger partial charge in [-0.1, -0.05) is 0 Å². The fraction of sp³-hybridized carbons (Fsp3) is 0.643. The van der Waals surface area contributed by atoms with Gasteiger partial charge in [-0.2, -0.15) is 0 Å². The number of pyridine rings is 1. The van der Waals surface area contributed by atoms with Crippen LogP contribution in [0, 0.1) is 17.0 Å². The molecule has 7 heteroatoms. The number of anilines is 1. The minimum atomic E-state index is -0.409. The van der Waals surface area contributed by atoms with Gasteiger partial charge >= 0.3 is 0 Å². The molecule has 0 aliphatic carbocycles.